The van der Waals surface area contributed by atoms with Gasteiger partial charge in [-0.25, -0.2) is 0 Å². The van der Waals surface area contributed by atoms with E-state index in [1.54, 1.807) is 24.4 Å². The maximum atomic E-state index is 12.1. The van der Waals surface area contributed by atoms with Gasteiger partial charge in [0.2, 0.25) is 0 Å². The highest BCUT2D eigenvalue weighted by molar-refractivity contribution is 6.32. The topological polar surface area (TPSA) is 128 Å². The first-order valence-corrected chi connectivity index (χ1v) is 18.5. The van der Waals surface area contributed by atoms with E-state index < -0.39 is 17.6 Å². The second kappa shape index (κ2) is 17.5. The number of aromatic nitrogens is 1. The minimum atomic E-state index is -0.836. The molecule has 0 radical (unpaired) electrons. The Morgan fingerprint density at radius 2 is 1.94 bits per heavy atom. The number of nitrogens with zero attached hydrogens (tertiary/aromatic N) is 4. The minimum absolute atomic E-state index is 0.151. The highest BCUT2D eigenvalue weighted by Gasteiger charge is 2.40. The molecule has 3 aromatic rings. The van der Waals surface area contributed by atoms with Gasteiger partial charge in [0.1, 0.15) is 35.8 Å². The van der Waals surface area contributed by atoms with E-state index in [-0.39, 0.29) is 25.2 Å². The molecule has 0 bridgehead atoms. The number of carbonyl (C=O) groups is 1. The number of benzene rings is 2. The minimum Gasteiger partial charge on any atom is -0.491 e. The predicted octanol–water partition coefficient (Wildman–Crippen LogP) is 6.51. The van der Waals surface area contributed by atoms with E-state index in [9.17, 15) is 20.3 Å². The lowest BCUT2D eigenvalue weighted by Gasteiger charge is -2.40. The Labute approximate surface area is 310 Å². The van der Waals surface area contributed by atoms with Crippen LogP contribution in [0.1, 0.15) is 61.3 Å². The molecule has 4 atom stereocenters. The number of likely N-dealkylation sites (tertiary alicyclic amines) is 2. The summed E-state index contributed by atoms with van der Waals surface area (Å²) in [5, 5.41) is 29.6. The fraction of sp³-hybridized carbons (Fsp3) is 0.439. The second-order valence-electron chi connectivity index (χ2n) is 14.0. The lowest BCUT2D eigenvalue weighted by atomic mass is 9.76. The highest BCUT2D eigenvalue weighted by atomic mass is 35.5. The highest BCUT2D eigenvalue weighted by Crippen LogP contribution is 2.42. The van der Waals surface area contributed by atoms with Gasteiger partial charge in [-0.2, -0.15) is 5.26 Å². The molecule has 1 aliphatic carbocycles. The summed E-state index contributed by atoms with van der Waals surface area (Å²) >= 11 is 6.92. The number of carboxylic acids is 1. The number of aliphatic hydroxyl groups excluding tert-OH is 1. The number of hydrogen-bond donors (Lipinski definition) is 2. The maximum absolute atomic E-state index is 12.1. The molecular weight excluding hydrogens is 680 g/mol. The zero-order chi connectivity index (χ0) is 36.5. The van der Waals surface area contributed by atoms with Crippen molar-refractivity contribution >= 4 is 23.1 Å². The molecule has 2 N–H and O–H groups in total. The Morgan fingerprint density at radius 3 is 2.71 bits per heavy atom. The molecule has 2 aromatic carbocycles. The van der Waals surface area contributed by atoms with Crippen molar-refractivity contribution in [1.29, 1.82) is 5.26 Å². The molecule has 2 fully saturated rings. The molecule has 0 saturated carbocycles. The quantitative estimate of drug-likeness (QED) is 0.168. The number of β-amino-alcohol motifs (C(OH)–C–C–N with tert-alkyl or cyclic N) is 1. The summed E-state index contributed by atoms with van der Waals surface area (Å²) in [6.45, 7) is 6.56. The lowest BCUT2D eigenvalue weighted by molar-refractivity contribution is -0.144. The van der Waals surface area contributed by atoms with Crippen molar-refractivity contribution in [2.75, 3.05) is 39.4 Å². The number of allylic oxidation sites excluding steroid dienone is 2. The molecule has 0 spiro atoms. The number of piperidine rings is 1. The van der Waals surface area contributed by atoms with Crippen LogP contribution in [0.4, 0.5) is 0 Å². The van der Waals surface area contributed by atoms with Crippen LogP contribution in [-0.4, -0.2) is 88.1 Å². The zero-order valence-corrected chi connectivity index (χ0v) is 30.4. The Kier molecular flexibility index (Phi) is 12.6. The third-order valence-corrected chi connectivity index (χ3v) is 10.6. The molecule has 3 aliphatic rings. The molecule has 2 saturated heterocycles. The van der Waals surface area contributed by atoms with E-state index in [0.717, 1.165) is 61.0 Å². The molecular formula is C41H47ClN4O6. The molecule has 6 rings (SSSR count). The van der Waals surface area contributed by atoms with Crippen LogP contribution in [0.15, 0.2) is 79.2 Å². The van der Waals surface area contributed by atoms with Crippen LogP contribution in [0.2, 0.25) is 5.02 Å². The molecule has 3 heterocycles. The Bertz CT molecular complexity index is 1800. The van der Waals surface area contributed by atoms with E-state index in [0.29, 0.717) is 54.7 Å². The number of aliphatic hydroxyl groups is 1. The summed E-state index contributed by atoms with van der Waals surface area (Å²) in [6.07, 6.45) is 13.2. The van der Waals surface area contributed by atoms with Gasteiger partial charge >= 0.3 is 5.97 Å². The second-order valence-corrected chi connectivity index (χ2v) is 14.4. The van der Waals surface area contributed by atoms with Gasteiger partial charge in [0, 0.05) is 68.3 Å². The van der Waals surface area contributed by atoms with Crippen LogP contribution in [0.3, 0.4) is 0 Å². The Balaban J connectivity index is 1.22. The van der Waals surface area contributed by atoms with Gasteiger partial charge in [-0.05, 0) is 62.4 Å². The summed E-state index contributed by atoms with van der Waals surface area (Å²) in [6, 6.07) is 17.1. The number of carboxylic acid groups (broad SMARTS) is 1. The zero-order valence-electron chi connectivity index (χ0n) is 29.6. The van der Waals surface area contributed by atoms with Crippen LogP contribution in [0.25, 0.3) is 5.57 Å². The Hall–Kier alpha value is -4.24. The van der Waals surface area contributed by atoms with Crippen molar-refractivity contribution in [3.8, 4) is 17.6 Å². The van der Waals surface area contributed by atoms with Crippen LogP contribution < -0.4 is 9.47 Å². The van der Waals surface area contributed by atoms with E-state index in [1.807, 2.05) is 29.2 Å². The van der Waals surface area contributed by atoms with Crippen LogP contribution in [0, 0.1) is 17.2 Å². The lowest BCUT2D eigenvalue weighted by Crippen LogP contribution is -2.44. The summed E-state index contributed by atoms with van der Waals surface area (Å²) in [5.41, 5.74) is 3.35. The van der Waals surface area contributed by atoms with Gasteiger partial charge < -0.3 is 29.3 Å². The standard InChI is InChI=1S/C41H47ClN4O6/c1-41(52-18-8-15-45-17-14-34(47)26-45)33(11-7-12-35(41)31-9-3-2-4-10-31)28-51-39-21-38(50-27-30-19-29(22-43)23-44-24-30)32(20-36(39)42)25-46-16-6-5-13-37(46)40(48)49/h2-4,7,9-12,19-21,23-24,33-34,37,47H,5-6,8,13-18,25-28H2,1H3,(H,48,49)/t33?,34-,37+,41?/m1/s1. The summed E-state index contributed by atoms with van der Waals surface area (Å²) in [4.78, 5) is 20.5. The average molecular weight is 727 g/mol. The average Bonchev–Trinajstić information content (AvgIpc) is 3.58. The van der Waals surface area contributed by atoms with Gasteiger partial charge in [0.25, 0.3) is 0 Å². The first-order chi connectivity index (χ1) is 25.2. The van der Waals surface area contributed by atoms with Crippen molar-refractivity contribution < 1.29 is 29.2 Å². The van der Waals surface area contributed by atoms with Crippen LogP contribution in [0.5, 0.6) is 11.5 Å². The molecule has 1 aromatic heterocycles. The smallest absolute Gasteiger partial charge is 0.320 e. The van der Waals surface area contributed by atoms with Gasteiger partial charge in [0.05, 0.1) is 23.3 Å². The van der Waals surface area contributed by atoms with Crippen LogP contribution in [-0.2, 0) is 22.7 Å². The number of pyridine rings is 1. The van der Waals surface area contributed by atoms with E-state index in [1.165, 1.54) is 6.20 Å². The monoisotopic (exact) mass is 726 g/mol. The Morgan fingerprint density at radius 1 is 1.10 bits per heavy atom. The van der Waals surface area contributed by atoms with Gasteiger partial charge in [0.15, 0.2) is 0 Å². The largest absolute Gasteiger partial charge is 0.491 e. The predicted molar refractivity (Wildman–Crippen MR) is 199 cm³/mol. The first kappa shape index (κ1) is 37.5. The molecule has 10 nitrogen and oxygen atoms in total. The summed E-state index contributed by atoms with van der Waals surface area (Å²) in [7, 11) is 0. The van der Waals surface area contributed by atoms with Gasteiger partial charge in [-0.3, -0.25) is 14.7 Å². The molecule has 2 unspecified atom stereocenters. The first-order valence-electron chi connectivity index (χ1n) is 18.1. The molecule has 11 heteroatoms. The number of rotatable bonds is 15. The number of halogens is 1. The SMILES string of the molecule is CC1(OCCCN2CC[C@@H](O)C2)C(c2ccccc2)=CC=CC1COc1cc(OCc2cncc(C#N)c2)c(CN2CCCC[C@H]2C(=O)O)cc1Cl. The number of hydrogen-bond acceptors (Lipinski definition) is 9. The molecule has 0 amide bonds. The normalized spacial score (nSPS) is 23.6. The van der Waals surface area contributed by atoms with Crippen molar-refractivity contribution in [1.82, 2.24) is 14.8 Å². The van der Waals surface area contributed by atoms with E-state index in [4.69, 9.17) is 25.8 Å². The van der Waals surface area contributed by atoms with Crippen molar-refractivity contribution in [3.05, 3.63) is 106 Å². The fourth-order valence-corrected chi connectivity index (χ4v) is 7.65. The van der Waals surface area contributed by atoms with Crippen molar-refractivity contribution in [2.45, 2.75) is 69.9 Å². The van der Waals surface area contributed by atoms with E-state index in [2.05, 4.69) is 47.2 Å². The molecule has 52 heavy (non-hydrogen) atoms. The fourth-order valence-electron chi connectivity index (χ4n) is 7.41. The van der Waals surface area contributed by atoms with Crippen molar-refractivity contribution in [3.63, 3.8) is 0 Å². The summed E-state index contributed by atoms with van der Waals surface area (Å²) < 4.78 is 19.7. The van der Waals surface area contributed by atoms with Gasteiger partial charge in [-0.1, -0.05) is 66.6 Å². The van der Waals surface area contributed by atoms with E-state index >= 15 is 0 Å². The maximum Gasteiger partial charge on any atom is 0.320 e. The molecule has 2 aliphatic heterocycles. The number of ether oxygens (including phenoxy) is 3. The van der Waals surface area contributed by atoms with Gasteiger partial charge in [-0.15, -0.1) is 0 Å². The molecule has 274 valence electrons. The third-order valence-electron chi connectivity index (χ3n) is 10.3. The van der Waals surface area contributed by atoms with Crippen molar-refractivity contribution in [2.24, 2.45) is 5.92 Å². The number of aliphatic carboxylic acids is 1. The third kappa shape index (κ3) is 9.21. The summed E-state index contributed by atoms with van der Waals surface area (Å²) in [5.74, 6) is -0.0356. The number of nitriles is 1. The van der Waals surface area contributed by atoms with Crippen LogP contribution >= 0.6 is 11.6 Å².